The normalized spacial score (nSPS) is 19.9. The van der Waals surface area contributed by atoms with E-state index in [0.29, 0.717) is 13.0 Å². The summed E-state index contributed by atoms with van der Waals surface area (Å²) in [5, 5.41) is 2.86. The Hall–Kier alpha value is -2.73. The Morgan fingerprint density at radius 3 is 2.50 bits per heavy atom. The highest BCUT2D eigenvalue weighted by atomic mass is 19.1. The SMILES string of the molecule is CC[C@@]1(c2ccccc2)NC(=O)N(CN(C)Cc2cccc(F)c2)C1=O. The van der Waals surface area contributed by atoms with Gasteiger partial charge in [0.25, 0.3) is 5.91 Å². The molecule has 1 fully saturated rings. The van der Waals surface area contributed by atoms with Gasteiger partial charge in [-0.3, -0.25) is 9.69 Å². The molecule has 0 aromatic heterocycles. The molecule has 26 heavy (non-hydrogen) atoms. The first-order valence-electron chi connectivity index (χ1n) is 8.59. The average molecular weight is 355 g/mol. The molecule has 1 saturated heterocycles. The van der Waals surface area contributed by atoms with Crippen molar-refractivity contribution in [2.24, 2.45) is 0 Å². The van der Waals surface area contributed by atoms with Crippen LogP contribution in [-0.2, 0) is 16.9 Å². The van der Waals surface area contributed by atoms with E-state index in [2.05, 4.69) is 5.32 Å². The van der Waals surface area contributed by atoms with Gasteiger partial charge in [-0.1, -0.05) is 49.4 Å². The summed E-state index contributed by atoms with van der Waals surface area (Å²) >= 11 is 0. The van der Waals surface area contributed by atoms with E-state index in [4.69, 9.17) is 0 Å². The molecule has 3 amide bonds. The molecule has 136 valence electrons. The summed E-state index contributed by atoms with van der Waals surface area (Å²) in [5.41, 5.74) is 0.526. The molecular formula is C20H22FN3O2. The van der Waals surface area contributed by atoms with Crippen molar-refractivity contribution < 1.29 is 14.0 Å². The fraction of sp³-hybridized carbons (Fsp3) is 0.300. The van der Waals surface area contributed by atoms with Gasteiger partial charge < -0.3 is 5.32 Å². The maximum atomic E-state index is 13.3. The first-order chi connectivity index (χ1) is 12.5. The quantitative estimate of drug-likeness (QED) is 0.810. The van der Waals surface area contributed by atoms with Gasteiger partial charge in [0.2, 0.25) is 0 Å². The van der Waals surface area contributed by atoms with Crippen LogP contribution in [0.15, 0.2) is 54.6 Å². The zero-order valence-electron chi connectivity index (χ0n) is 14.9. The molecule has 5 nitrogen and oxygen atoms in total. The molecule has 3 rings (SSSR count). The molecule has 1 atom stereocenters. The number of carbonyl (C=O) groups is 2. The van der Waals surface area contributed by atoms with E-state index in [1.165, 1.54) is 17.0 Å². The summed E-state index contributed by atoms with van der Waals surface area (Å²) in [5.74, 6) is -0.567. The second-order valence-corrected chi connectivity index (χ2v) is 6.57. The molecular weight excluding hydrogens is 333 g/mol. The molecule has 1 N–H and O–H groups in total. The summed E-state index contributed by atoms with van der Waals surface area (Å²) in [6, 6.07) is 15.2. The van der Waals surface area contributed by atoms with Crippen LogP contribution in [0.3, 0.4) is 0 Å². The largest absolute Gasteiger partial charge is 0.326 e. The average Bonchev–Trinajstić information content (AvgIpc) is 2.87. The number of urea groups is 1. The van der Waals surface area contributed by atoms with E-state index >= 15 is 0 Å². The molecule has 0 saturated carbocycles. The highest BCUT2D eigenvalue weighted by Crippen LogP contribution is 2.32. The van der Waals surface area contributed by atoms with Crippen molar-refractivity contribution in [3.8, 4) is 0 Å². The molecule has 0 radical (unpaired) electrons. The van der Waals surface area contributed by atoms with Gasteiger partial charge in [0.1, 0.15) is 11.4 Å². The number of carbonyl (C=O) groups excluding carboxylic acids is 2. The van der Waals surface area contributed by atoms with Crippen LogP contribution in [0.25, 0.3) is 0 Å². The summed E-state index contributed by atoms with van der Waals surface area (Å²) < 4.78 is 13.3. The summed E-state index contributed by atoms with van der Waals surface area (Å²) in [7, 11) is 1.79. The van der Waals surface area contributed by atoms with E-state index in [9.17, 15) is 14.0 Å². The van der Waals surface area contributed by atoms with Crippen molar-refractivity contribution in [1.82, 2.24) is 15.1 Å². The lowest BCUT2D eigenvalue weighted by atomic mass is 9.87. The fourth-order valence-electron chi connectivity index (χ4n) is 3.36. The molecule has 0 aliphatic carbocycles. The summed E-state index contributed by atoms with van der Waals surface area (Å²) in [4.78, 5) is 28.6. The Morgan fingerprint density at radius 2 is 1.85 bits per heavy atom. The van der Waals surface area contributed by atoms with E-state index in [0.717, 1.165) is 11.1 Å². The number of rotatable bonds is 6. The Kier molecular flexibility index (Phi) is 5.04. The maximum Gasteiger partial charge on any atom is 0.326 e. The van der Waals surface area contributed by atoms with Crippen molar-refractivity contribution in [2.75, 3.05) is 13.7 Å². The first kappa shape index (κ1) is 18.1. The van der Waals surface area contributed by atoms with Gasteiger partial charge in [0, 0.05) is 6.54 Å². The van der Waals surface area contributed by atoms with Crippen LogP contribution in [0.2, 0.25) is 0 Å². The van der Waals surface area contributed by atoms with Crippen LogP contribution in [-0.4, -0.2) is 35.5 Å². The zero-order chi connectivity index (χ0) is 18.7. The Bertz CT molecular complexity index is 812. The van der Waals surface area contributed by atoms with Gasteiger partial charge in [-0.25, -0.2) is 14.1 Å². The third kappa shape index (κ3) is 3.32. The molecule has 2 aromatic rings. The third-order valence-electron chi connectivity index (χ3n) is 4.70. The van der Waals surface area contributed by atoms with Gasteiger partial charge >= 0.3 is 6.03 Å². The Labute approximate surface area is 152 Å². The lowest BCUT2D eigenvalue weighted by molar-refractivity contribution is -0.133. The predicted octanol–water partition coefficient (Wildman–Crippen LogP) is 3.07. The van der Waals surface area contributed by atoms with Gasteiger partial charge in [-0.05, 0) is 36.7 Å². The molecule has 0 unspecified atom stereocenters. The molecule has 0 bridgehead atoms. The second-order valence-electron chi connectivity index (χ2n) is 6.57. The zero-order valence-corrected chi connectivity index (χ0v) is 14.9. The topological polar surface area (TPSA) is 52.7 Å². The summed E-state index contributed by atoms with van der Waals surface area (Å²) in [6.45, 7) is 2.44. The van der Waals surface area contributed by atoms with E-state index in [1.807, 2.05) is 48.2 Å². The van der Waals surface area contributed by atoms with Crippen LogP contribution in [0.1, 0.15) is 24.5 Å². The number of halogens is 1. The van der Waals surface area contributed by atoms with Crippen molar-refractivity contribution in [3.63, 3.8) is 0 Å². The highest BCUT2D eigenvalue weighted by molar-refractivity contribution is 6.07. The molecule has 1 aliphatic rings. The molecule has 2 aromatic carbocycles. The van der Waals surface area contributed by atoms with Gasteiger partial charge in [0.05, 0.1) is 6.67 Å². The third-order valence-corrected chi connectivity index (χ3v) is 4.70. The fourth-order valence-corrected chi connectivity index (χ4v) is 3.36. The second kappa shape index (κ2) is 7.25. The molecule has 1 aliphatic heterocycles. The molecule has 1 heterocycles. The van der Waals surface area contributed by atoms with E-state index in [-0.39, 0.29) is 18.4 Å². The van der Waals surface area contributed by atoms with Crippen LogP contribution in [0.5, 0.6) is 0 Å². The van der Waals surface area contributed by atoms with E-state index in [1.54, 1.807) is 13.1 Å². The van der Waals surface area contributed by atoms with Gasteiger partial charge in [0.15, 0.2) is 0 Å². The number of nitrogens with zero attached hydrogens (tertiary/aromatic N) is 2. The number of nitrogens with one attached hydrogen (secondary N) is 1. The van der Waals surface area contributed by atoms with Gasteiger partial charge in [-0.2, -0.15) is 0 Å². The Balaban J connectivity index is 1.76. The highest BCUT2D eigenvalue weighted by Gasteiger charge is 2.51. The number of amides is 3. The van der Waals surface area contributed by atoms with Crippen molar-refractivity contribution >= 4 is 11.9 Å². The van der Waals surface area contributed by atoms with Gasteiger partial charge in [-0.15, -0.1) is 0 Å². The van der Waals surface area contributed by atoms with Crippen LogP contribution in [0.4, 0.5) is 9.18 Å². The van der Waals surface area contributed by atoms with Crippen molar-refractivity contribution in [2.45, 2.75) is 25.4 Å². The monoisotopic (exact) mass is 355 g/mol. The molecule has 0 spiro atoms. The number of hydrogen-bond donors (Lipinski definition) is 1. The number of benzene rings is 2. The predicted molar refractivity (Wildman–Crippen MR) is 96.5 cm³/mol. The number of imide groups is 1. The minimum Gasteiger partial charge on any atom is -0.319 e. The van der Waals surface area contributed by atoms with Crippen LogP contribution in [0, 0.1) is 5.82 Å². The smallest absolute Gasteiger partial charge is 0.319 e. The first-order valence-corrected chi connectivity index (χ1v) is 8.59. The van der Waals surface area contributed by atoms with Crippen LogP contribution < -0.4 is 5.32 Å². The lowest BCUT2D eigenvalue weighted by Gasteiger charge is -2.27. The summed E-state index contributed by atoms with van der Waals surface area (Å²) in [6.07, 6.45) is 0.464. The standard InChI is InChI=1S/C20H22FN3O2/c1-3-20(16-9-5-4-6-10-16)18(25)24(19(26)22-20)14-23(2)13-15-8-7-11-17(21)12-15/h4-12H,3,13-14H2,1-2H3,(H,22,26)/t20-/m0/s1. The van der Waals surface area contributed by atoms with Crippen molar-refractivity contribution in [3.05, 3.63) is 71.5 Å². The van der Waals surface area contributed by atoms with Crippen molar-refractivity contribution in [1.29, 1.82) is 0 Å². The Morgan fingerprint density at radius 1 is 1.12 bits per heavy atom. The minimum absolute atomic E-state index is 0.135. The maximum absolute atomic E-state index is 13.3. The number of hydrogen-bond acceptors (Lipinski definition) is 3. The van der Waals surface area contributed by atoms with E-state index < -0.39 is 11.6 Å². The minimum atomic E-state index is -1.03. The lowest BCUT2D eigenvalue weighted by Crippen LogP contribution is -2.44. The molecule has 6 heteroatoms. The van der Waals surface area contributed by atoms with Crippen LogP contribution >= 0.6 is 0 Å².